The quantitative estimate of drug-likeness (QED) is 0.581. The Morgan fingerprint density at radius 2 is 2.36 bits per heavy atom. The van der Waals surface area contributed by atoms with E-state index in [1.807, 2.05) is 6.92 Å². The van der Waals surface area contributed by atoms with Crippen LogP contribution in [0.4, 0.5) is 4.79 Å². The van der Waals surface area contributed by atoms with Crippen molar-refractivity contribution in [2.75, 3.05) is 13.7 Å². The number of hydrogen-bond donors (Lipinski definition) is 0. The van der Waals surface area contributed by atoms with Crippen LogP contribution in [-0.4, -0.2) is 24.6 Å². The number of hydrogen-bond acceptors (Lipinski definition) is 2. The Bertz CT molecular complexity index is 163. The molecule has 3 nitrogen and oxygen atoms in total. The van der Waals surface area contributed by atoms with Crippen LogP contribution in [0.5, 0.6) is 0 Å². The summed E-state index contributed by atoms with van der Waals surface area (Å²) >= 11 is 0. The smallest absolute Gasteiger partial charge is 0.413 e. The van der Waals surface area contributed by atoms with Crippen LogP contribution in [0.2, 0.25) is 0 Å². The number of carbonyl (C=O) groups is 1. The molecule has 0 fully saturated rings. The number of methoxy groups -OCH3 is 1. The van der Waals surface area contributed by atoms with Gasteiger partial charge in [-0.15, -0.1) is 6.58 Å². The van der Waals surface area contributed by atoms with Crippen LogP contribution in [0.1, 0.15) is 6.92 Å². The molecule has 0 aromatic rings. The summed E-state index contributed by atoms with van der Waals surface area (Å²) in [5.41, 5.74) is 0. The summed E-state index contributed by atoms with van der Waals surface area (Å²) < 4.78 is 4.51. The van der Waals surface area contributed by atoms with Gasteiger partial charge in [-0.2, -0.15) is 0 Å². The van der Waals surface area contributed by atoms with Crippen molar-refractivity contribution in [1.29, 1.82) is 0 Å². The highest BCUT2D eigenvalue weighted by molar-refractivity contribution is 5.68. The SMILES string of the molecule is C=CCN(/C=C\C)C(=O)OC. The van der Waals surface area contributed by atoms with E-state index in [0.29, 0.717) is 6.54 Å². The van der Waals surface area contributed by atoms with Crippen LogP contribution in [-0.2, 0) is 4.74 Å². The van der Waals surface area contributed by atoms with Crippen molar-refractivity contribution in [3.8, 4) is 0 Å². The van der Waals surface area contributed by atoms with Crippen LogP contribution in [0.15, 0.2) is 24.9 Å². The van der Waals surface area contributed by atoms with Gasteiger partial charge in [-0.05, 0) is 6.92 Å². The molecule has 62 valence electrons. The molecule has 0 bridgehead atoms. The fourth-order valence-corrected chi connectivity index (χ4v) is 0.633. The van der Waals surface area contributed by atoms with Crippen LogP contribution < -0.4 is 0 Å². The zero-order valence-electron chi connectivity index (χ0n) is 6.91. The monoisotopic (exact) mass is 155 g/mol. The second-order valence-electron chi connectivity index (χ2n) is 1.89. The summed E-state index contributed by atoms with van der Waals surface area (Å²) in [5.74, 6) is 0. The maximum absolute atomic E-state index is 10.9. The molecule has 11 heavy (non-hydrogen) atoms. The Hall–Kier alpha value is -1.25. The zero-order chi connectivity index (χ0) is 8.69. The maximum atomic E-state index is 10.9. The van der Waals surface area contributed by atoms with Gasteiger partial charge in [-0.25, -0.2) is 4.79 Å². The molecule has 0 saturated carbocycles. The Kier molecular flexibility index (Phi) is 4.90. The zero-order valence-corrected chi connectivity index (χ0v) is 6.91. The molecule has 0 aliphatic rings. The molecule has 0 aliphatic heterocycles. The van der Waals surface area contributed by atoms with Crippen LogP contribution in [0.25, 0.3) is 0 Å². The molecule has 0 radical (unpaired) electrons. The summed E-state index contributed by atoms with van der Waals surface area (Å²) in [5, 5.41) is 0. The van der Waals surface area contributed by atoms with E-state index in [0.717, 1.165) is 0 Å². The first-order chi connectivity index (χ1) is 5.26. The second kappa shape index (κ2) is 5.53. The lowest BCUT2D eigenvalue weighted by Crippen LogP contribution is -2.25. The summed E-state index contributed by atoms with van der Waals surface area (Å²) in [6, 6.07) is 0. The number of carbonyl (C=O) groups excluding carboxylic acids is 1. The molecule has 0 atom stereocenters. The van der Waals surface area contributed by atoms with E-state index in [-0.39, 0.29) is 6.09 Å². The molecule has 0 heterocycles. The normalized spacial score (nSPS) is 9.64. The minimum absolute atomic E-state index is 0.372. The minimum Gasteiger partial charge on any atom is -0.452 e. The molecule has 0 N–H and O–H groups in total. The summed E-state index contributed by atoms with van der Waals surface area (Å²) in [4.78, 5) is 12.3. The van der Waals surface area contributed by atoms with E-state index >= 15 is 0 Å². The molecular weight excluding hydrogens is 142 g/mol. The summed E-state index contributed by atoms with van der Waals surface area (Å²) in [7, 11) is 1.35. The molecule has 0 aliphatic carbocycles. The predicted octanol–water partition coefficient (Wildman–Crippen LogP) is 1.77. The molecular formula is C8H13NO2. The van der Waals surface area contributed by atoms with Crippen molar-refractivity contribution >= 4 is 6.09 Å². The highest BCUT2D eigenvalue weighted by atomic mass is 16.5. The molecule has 0 spiro atoms. The molecule has 0 rings (SSSR count). The Balaban J connectivity index is 4.08. The number of rotatable bonds is 3. The van der Waals surface area contributed by atoms with Gasteiger partial charge in [-0.3, -0.25) is 4.90 Å². The van der Waals surface area contributed by atoms with Crippen molar-refractivity contribution in [3.05, 3.63) is 24.9 Å². The lowest BCUT2D eigenvalue weighted by atomic mass is 10.5. The van der Waals surface area contributed by atoms with Gasteiger partial charge in [0.1, 0.15) is 0 Å². The standard InChI is InChI=1S/C8H13NO2/c1-4-6-9(7-5-2)8(10)11-3/h4-5,7H,1,6H2,2-3H3/b7-5-. The Morgan fingerprint density at radius 3 is 2.73 bits per heavy atom. The van der Waals surface area contributed by atoms with Crippen LogP contribution >= 0.6 is 0 Å². The van der Waals surface area contributed by atoms with Gasteiger partial charge in [0.15, 0.2) is 0 Å². The van der Waals surface area contributed by atoms with Crippen LogP contribution in [0, 0.1) is 0 Å². The first-order valence-corrected chi connectivity index (χ1v) is 3.34. The van der Waals surface area contributed by atoms with Gasteiger partial charge in [0.05, 0.1) is 7.11 Å². The lowest BCUT2D eigenvalue weighted by molar-refractivity contribution is 0.143. The summed E-state index contributed by atoms with van der Waals surface area (Å²) in [6.07, 6.45) is 4.67. The van der Waals surface area contributed by atoms with E-state index < -0.39 is 0 Å². The molecule has 0 unspecified atom stereocenters. The van der Waals surface area contributed by atoms with Crippen molar-refractivity contribution in [1.82, 2.24) is 4.90 Å². The van der Waals surface area contributed by atoms with Crippen LogP contribution in [0.3, 0.4) is 0 Å². The molecule has 1 amide bonds. The van der Waals surface area contributed by atoms with Crippen molar-refractivity contribution in [3.63, 3.8) is 0 Å². The first-order valence-electron chi connectivity index (χ1n) is 3.34. The Morgan fingerprint density at radius 1 is 1.73 bits per heavy atom. The molecule has 0 aromatic heterocycles. The average Bonchev–Trinajstić information content (AvgIpc) is 2.03. The largest absolute Gasteiger partial charge is 0.452 e. The maximum Gasteiger partial charge on any atom is 0.413 e. The van der Waals surface area contributed by atoms with E-state index in [4.69, 9.17) is 0 Å². The number of amides is 1. The fraction of sp³-hybridized carbons (Fsp3) is 0.375. The third-order valence-corrected chi connectivity index (χ3v) is 1.06. The third-order valence-electron chi connectivity index (χ3n) is 1.06. The minimum atomic E-state index is -0.372. The highest BCUT2D eigenvalue weighted by Crippen LogP contribution is 1.93. The van der Waals surface area contributed by atoms with E-state index in [1.54, 1.807) is 18.4 Å². The molecule has 3 heteroatoms. The number of ether oxygens (including phenoxy) is 1. The van der Waals surface area contributed by atoms with Crippen molar-refractivity contribution < 1.29 is 9.53 Å². The Labute approximate surface area is 66.9 Å². The van der Waals surface area contributed by atoms with Gasteiger partial charge < -0.3 is 4.74 Å². The van der Waals surface area contributed by atoms with E-state index in [9.17, 15) is 4.79 Å². The lowest BCUT2D eigenvalue weighted by Gasteiger charge is -2.13. The number of allylic oxidation sites excluding steroid dienone is 1. The van der Waals surface area contributed by atoms with Crippen molar-refractivity contribution in [2.24, 2.45) is 0 Å². The third kappa shape index (κ3) is 3.45. The first kappa shape index (κ1) is 9.75. The summed E-state index contributed by atoms with van der Waals surface area (Å²) in [6.45, 7) is 5.82. The van der Waals surface area contributed by atoms with E-state index in [1.165, 1.54) is 12.0 Å². The molecule has 0 saturated heterocycles. The van der Waals surface area contributed by atoms with Gasteiger partial charge in [-0.1, -0.05) is 12.2 Å². The second-order valence-corrected chi connectivity index (χ2v) is 1.89. The predicted molar refractivity (Wildman–Crippen MR) is 44.1 cm³/mol. The van der Waals surface area contributed by atoms with Gasteiger partial charge >= 0.3 is 6.09 Å². The van der Waals surface area contributed by atoms with Crippen molar-refractivity contribution in [2.45, 2.75) is 6.92 Å². The van der Waals surface area contributed by atoms with Gasteiger partial charge in [0.25, 0.3) is 0 Å². The van der Waals surface area contributed by atoms with Gasteiger partial charge in [0.2, 0.25) is 0 Å². The van der Waals surface area contributed by atoms with Gasteiger partial charge in [0, 0.05) is 12.7 Å². The molecule has 0 aromatic carbocycles. The van der Waals surface area contributed by atoms with E-state index in [2.05, 4.69) is 11.3 Å². The average molecular weight is 155 g/mol. The number of nitrogens with zero attached hydrogens (tertiary/aromatic N) is 1. The highest BCUT2D eigenvalue weighted by Gasteiger charge is 2.06. The fourth-order valence-electron chi connectivity index (χ4n) is 0.633. The topological polar surface area (TPSA) is 29.5 Å².